The molecule has 2 rings (SSSR count). The Labute approximate surface area is 181 Å². The molecule has 0 radical (unpaired) electrons. The summed E-state index contributed by atoms with van der Waals surface area (Å²) in [4.78, 5) is 28.1. The highest BCUT2D eigenvalue weighted by atomic mass is 16.2. The molecule has 0 aromatic heterocycles. The molecule has 0 aliphatic heterocycles. The van der Waals surface area contributed by atoms with Gasteiger partial charge in [0.2, 0.25) is 11.8 Å². The predicted molar refractivity (Wildman–Crippen MR) is 123 cm³/mol. The van der Waals surface area contributed by atoms with Crippen molar-refractivity contribution in [3.05, 3.63) is 70.8 Å². The Morgan fingerprint density at radius 3 is 2.10 bits per heavy atom. The third kappa shape index (κ3) is 7.33. The molecular weight excluding hydrogens is 372 g/mol. The molecule has 1 N–H and O–H groups in total. The minimum Gasteiger partial charge on any atom is -0.350 e. The van der Waals surface area contributed by atoms with Gasteiger partial charge in [0.15, 0.2) is 0 Å². The minimum atomic E-state index is -0.480. The van der Waals surface area contributed by atoms with Crippen molar-refractivity contribution in [3.63, 3.8) is 0 Å². The third-order valence-electron chi connectivity index (χ3n) is 5.01. The molecule has 0 fully saturated rings. The molecule has 0 aliphatic carbocycles. The zero-order valence-electron chi connectivity index (χ0n) is 19.3. The van der Waals surface area contributed by atoms with E-state index in [1.165, 1.54) is 0 Å². The van der Waals surface area contributed by atoms with Gasteiger partial charge >= 0.3 is 0 Å². The average molecular weight is 409 g/mol. The van der Waals surface area contributed by atoms with Crippen molar-refractivity contribution in [2.45, 2.75) is 72.4 Å². The summed E-state index contributed by atoms with van der Waals surface area (Å²) in [5, 5.41) is 3.05. The Morgan fingerprint density at radius 1 is 0.967 bits per heavy atom. The maximum Gasteiger partial charge on any atom is 0.243 e. The van der Waals surface area contributed by atoms with Crippen molar-refractivity contribution < 1.29 is 9.59 Å². The van der Waals surface area contributed by atoms with Gasteiger partial charge in [-0.15, -0.1) is 0 Å². The van der Waals surface area contributed by atoms with Crippen LogP contribution in [0.5, 0.6) is 0 Å². The van der Waals surface area contributed by atoms with E-state index < -0.39 is 6.04 Å². The summed E-state index contributed by atoms with van der Waals surface area (Å²) >= 11 is 0. The second-order valence-electron chi connectivity index (χ2n) is 9.16. The first kappa shape index (κ1) is 23.7. The van der Waals surface area contributed by atoms with Crippen LogP contribution in [0.1, 0.15) is 56.4 Å². The number of rotatable bonds is 8. The Morgan fingerprint density at radius 2 is 1.57 bits per heavy atom. The van der Waals surface area contributed by atoms with Crippen molar-refractivity contribution in [3.8, 4) is 0 Å². The van der Waals surface area contributed by atoms with Crippen LogP contribution in [0.3, 0.4) is 0 Å². The number of carbonyl (C=O) groups is 2. The number of amides is 2. The zero-order valence-corrected chi connectivity index (χ0v) is 19.3. The topological polar surface area (TPSA) is 49.4 Å². The third-order valence-corrected chi connectivity index (χ3v) is 5.01. The maximum atomic E-state index is 13.4. The molecule has 0 saturated heterocycles. The Kier molecular flexibility index (Phi) is 8.22. The molecule has 0 bridgehead atoms. The molecule has 4 heteroatoms. The van der Waals surface area contributed by atoms with Gasteiger partial charge in [-0.25, -0.2) is 0 Å². The van der Waals surface area contributed by atoms with Crippen molar-refractivity contribution in [2.75, 3.05) is 6.54 Å². The lowest BCUT2D eigenvalue weighted by molar-refractivity contribution is -0.140. The summed E-state index contributed by atoms with van der Waals surface area (Å²) in [5.41, 5.74) is 4.10. The van der Waals surface area contributed by atoms with Gasteiger partial charge in [-0.05, 0) is 58.6 Å². The second kappa shape index (κ2) is 10.4. The van der Waals surface area contributed by atoms with Crippen molar-refractivity contribution in [2.24, 2.45) is 0 Å². The largest absolute Gasteiger partial charge is 0.350 e. The monoisotopic (exact) mass is 408 g/mol. The number of benzene rings is 2. The van der Waals surface area contributed by atoms with Gasteiger partial charge < -0.3 is 10.2 Å². The van der Waals surface area contributed by atoms with Crippen molar-refractivity contribution >= 4 is 11.8 Å². The molecule has 4 nitrogen and oxygen atoms in total. The van der Waals surface area contributed by atoms with E-state index in [2.05, 4.69) is 35.6 Å². The van der Waals surface area contributed by atoms with Gasteiger partial charge in [-0.1, -0.05) is 66.6 Å². The molecular formula is C26H36N2O2. The number of nitrogens with zero attached hydrogens (tertiary/aromatic N) is 1. The number of hydrogen-bond donors (Lipinski definition) is 1. The van der Waals surface area contributed by atoms with E-state index >= 15 is 0 Å². The van der Waals surface area contributed by atoms with Gasteiger partial charge in [0.1, 0.15) is 6.04 Å². The highest BCUT2D eigenvalue weighted by molar-refractivity contribution is 5.88. The summed E-state index contributed by atoms with van der Waals surface area (Å²) < 4.78 is 0. The van der Waals surface area contributed by atoms with E-state index in [9.17, 15) is 9.59 Å². The average Bonchev–Trinajstić information content (AvgIpc) is 2.63. The first-order valence-corrected chi connectivity index (χ1v) is 10.8. The quantitative estimate of drug-likeness (QED) is 0.693. The molecule has 2 amide bonds. The number of hydrogen-bond acceptors (Lipinski definition) is 2. The summed E-state index contributed by atoms with van der Waals surface area (Å²) in [6.45, 7) is 12.4. The number of nitrogens with one attached hydrogen (secondary N) is 1. The standard InChI is InChI=1S/C26H36N2O2/c1-7-23(25(30)27-26(4,5)6)28(14-13-21-11-9-8-10-12-21)24(29)18-22-16-19(2)15-20(3)17-22/h8-12,15-17,23H,7,13-14,18H2,1-6H3,(H,27,30). The number of carbonyl (C=O) groups excluding carboxylic acids is 2. The molecule has 0 aliphatic rings. The molecule has 1 atom stereocenters. The van der Waals surface area contributed by atoms with Crippen LogP contribution in [0.2, 0.25) is 0 Å². The van der Waals surface area contributed by atoms with Crippen LogP contribution < -0.4 is 5.32 Å². The van der Waals surface area contributed by atoms with Crippen molar-refractivity contribution in [1.82, 2.24) is 10.2 Å². The van der Waals surface area contributed by atoms with E-state index in [4.69, 9.17) is 0 Å². The maximum absolute atomic E-state index is 13.4. The summed E-state index contributed by atoms with van der Waals surface area (Å²) in [6.07, 6.45) is 1.60. The number of aryl methyl sites for hydroxylation is 2. The van der Waals surface area contributed by atoms with Gasteiger partial charge in [-0.2, -0.15) is 0 Å². The molecule has 162 valence electrons. The first-order valence-electron chi connectivity index (χ1n) is 10.8. The summed E-state index contributed by atoms with van der Waals surface area (Å²) in [7, 11) is 0. The van der Waals surface area contributed by atoms with Crippen LogP contribution in [0.15, 0.2) is 48.5 Å². The van der Waals surface area contributed by atoms with Crippen LogP contribution in [-0.2, 0) is 22.4 Å². The van der Waals surface area contributed by atoms with E-state index in [1.54, 1.807) is 4.90 Å². The summed E-state index contributed by atoms with van der Waals surface area (Å²) in [5.74, 6) is -0.0984. The fourth-order valence-corrected chi connectivity index (χ4v) is 3.80. The van der Waals surface area contributed by atoms with Crippen LogP contribution in [-0.4, -0.2) is 34.8 Å². The predicted octanol–water partition coefficient (Wildman–Crippen LogP) is 4.61. The van der Waals surface area contributed by atoms with Crippen LogP contribution in [0, 0.1) is 13.8 Å². The highest BCUT2D eigenvalue weighted by Crippen LogP contribution is 2.15. The van der Waals surface area contributed by atoms with Crippen molar-refractivity contribution in [1.29, 1.82) is 0 Å². The van der Waals surface area contributed by atoms with Gasteiger partial charge in [-0.3, -0.25) is 9.59 Å². The zero-order chi connectivity index (χ0) is 22.3. The Hall–Kier alpha value is -2.62. The first-order chi connectivity index (χ1) is 14.1. The lowest BCUT2D eigenvalue weighted by atomic mass is 10.0. The van der Waals surface area contributed by atoms with Gasteiger partial charge in [0, 0.05) is 12.1 Å². The minimum absolute atomic E-state index is 0.00756. The van der Waals surface area contributed by atoms with Crippen LogP contribution in [0.4, 0.5) is 0 Å². The Bertz CT molecular complexity index is 833. The smallest absolute Gasteiger partial charge is 0.243 e. The van der Waals surface area contributed by atoms with Gasteiger partial charge in [0.25, 0.3) is 0 Å². The molecule has 0 spiro atoms. The molecule has 1 unspecified atom stereocenters. The Balaban J connectivity index is 2.25. The van der Waals surface area contributed by atoms with Crippen LogP contribution in [0.25, 0.3) is 0 Å². The summed E-state index contributed by atoms with van der Waals surface area (Å²) in [6, 6.07) is 15.8. The lowest BCUT2D eigenvalue weighted by Crippen LogP contribution is -2.54. The van der Waals surface area contributed by atoms with E-state index in [-0.39, 0.29) is 17.4 Å². The normalized spacial score (nSPS) is 12.3. The molecule has 0 saturated carbocycles. The molecule has 30 heavy (non-hydrogen) atoms. The second-order valence-corrected chi connectivity index (χ2v) is 9.16. The van der Waals surface area contributed by atoms with E-state index in [0.29, 0.717) is 19.4 Å². The molecule has 2 aromatic rings. The SMILES string of the molecule is CCC(C(=O)NC(C)(C)C)N(CCc1ccccc1)C(=O)Cc1cc(C)cc(C)c1. The van der Waals surface area contributed by atoms with E-state index in [1.807, 2.05) is 59.7 Å². The van der Waals surface area contributed by atoms with Gasteiger partial charge in [0.05, 0.1) is 6.42 Å². The fourth-order valence-electron chi connectivity index (χ4n) is 3.80. The lowest BCUT2D eigenvalue weighted by Gasteiger charge is -2.33. The van der Waals surface area contributed by atoms with E-state index in [0.717, 1.165) is 28.7 Å². The molecule has 0 heterocycles. The molecule has 2 aromatic carbocycles. The fraction of sp³-hybridized carbons (Fsp3) is 0.462. The van der Waals surface area contributed by atoms with Crippen LogP contribution >= 0.6 is 0 Å². The highest BCUT2D eigenvalue weighted by Gasteiger charge is 2.30.